The molecule has 0 aliphatic carbocycles. The lowest BCUT2D eigenvalue weighted by atomic mass is 10.3. The van der Waals surface area contributed by atoms with Crippen molar-refractivity contribution >= 4 is 11.7 Å². The van der Waals surface area contributed by atoms with Gasteiger partial charge in [0.1, 0.15) is 5.82 Å². The van der Waals surface area contributed by atoms with Gasteiger partial charge < -0.3 is 10.6 Å². The molecule has 120 valence electrons. The summed E-state index contributed by atoms with van der Waals surface area (Å²) in [4.78, 5) is 12.2. The van der Waals surface area contributed by atoms with Gasteiger partial charge in [-0.05, 0) is 33.3 Å². The first-order valence-electron chi connectivity index (χ1n) is 7.54. The smallest absolute Gasteiger partial charge is 0.242 e. The highest BCUT2D eigenvalue weighted by molar-refractivity contribution is 5.93. The third-order valence-corrected chi connectivity index (χ3v) is 3.36. The molecular weight excluding hydrogens is 280 g/mol. The summed E-state index contributed by atoms with van der Waals surface area (Å²) in [5.41, 5.74) is 1.13. The normalized spacial score (nSPS) is 12.6. The molecule has 2 aromatic rings. The molecule has 2 heterocycles. The Hall–Kier alpha value is -2.15. The monoisotopic (exact) mass is 304 g/mol. The number of hydrogen-bond donors (Lipinski definition) is 2. The first-order valence-corrected chi connectivity index (χ1v) is 7.54. The Morgan fingerprint density at radius 1 is 1.32 bits per heavy atom. The zero-order valence-electron chi connectivity index (χ0n) is 13.6. The van der Waals surface area contributed by atoms with Gasteiger partial charge in [-0.3, -0.25) is 9.48 Å². The zero-order valence-corrected chi connectivity index (χ0v) is 13.6. The highest BCUT2D eigenvalue weighted by Gasteiger charge is 2.15. The summed E-state index contributed by atoms with van der Waals surface area (Å²) in [6.07, 6.45) is 5.49. The summed E-state index contributed by atoms with van der Waals surface area (Å²) >= 11 is 0. The van der Waals surface area contributed by atoms with Gasteiger partial charge in [0, 0.05) is 24.8 Å². The fourth-order valence-electron chi connectivity index (χ4n) is 2.14. The average molecular weight is 304 g/mol. The molecule has 0 fully saturated rings. The molecule has 0 aromatic carbocycles. The molecule has 0 spiro atoms. The lowest BCUT2D eigenvalue weighted by Crippen LogP contribution is -2.40. The van der Waals surface area contributed by atoms with Crippen LogP contribution in [0.2, 0.25) is 0 Å². The van der Waals surface area contributed by atoms with E-state index in [-0.39, 0.29) is 18.0 Å². The van der Waals surface area contributed by atoms with Crippen molar-refractivity contribution in [2.24, 2.45) is 0 Å². The average Bonchev–Trinajstić information content (AvgIpc) is 3.07. The number of aromatic nitrogens is 4. The second-order valence-electron chi connectivity index (χ2n) is 5.70. The molecule has 0 radical (unpaired) electrons. The predicted molar refractivity (Wildman–Crippen MR) is 85.7 cm³/mol. The van der Waals surface area contributed by atoms with Crippen LogP contribution in [0, 0.1) is 6.92 Å². The SMILES string of the molecule is Cc1cnn(CCN[C@@H](C)C(=O)Nc2ccnn2C(C)C)c1. The highest BCUT2D eigenvalue weighted by atomic mass is 16.2. The minimum atomic E-state index is -0.285. The van der Waals surface area contributed by atoms with E-state index in [4.69, 9.17) is 0 Å². The third-order valence-electron chi connectivity index (χ3n) is 3.36. The van der Waals surface area contributed by atoms with Crippen LogP contribution in [-0.4, -0.2) is 38.1 Å². The Morgan fingerprint density at radius 2 is 2.09 bits per heavy atom. The van der Waals surface area contributed by atoms with Crippen molar-refractivity contribution in [2.75, 3.05) is 11.9 Å². The molecule has 1 atom stereocenters. The molecule has 0 saturated carbocycles. The Kier molecular flexibility index (Phi) is 5.32. The van der Waals surface area contributed by atoms with E-state index >= 15 is 0 Å². The summed E-state index contributed by atoms with van der Waals surface area (Å²) in [7, 11) is 0. The number of nitrogens with zero attached hydrogens (tertiary/aromatic N) is 4. The van der Waals surface area contributed by atoms with Gasteiger partial charge in [0.15, 0.2) is 0 Å². The molecule has 0 saturated heterocycles. The maximum atomic E-state index is 12.2. The molecule has 0 aliphatic rings. The summed E-state index contributed by atoms with van der Waals surface area (Å²) in [6, 6.07) is 1.72. The first-order chi connectivity index (χ1) is 10.5. The topological polar surface area (TPSA) is 76.8 Å². The van der Waals surface area contributed by atoms with Crippen molar-refractivity contribution in [2.45, 2.75) is 46.3 Å². The quantitative estimate of drug-likeness (QED) is 0.814. The van der Waals surface area contributed by atoms with Crippen LogP contribution in [0.3, 0.4) is 0 Å². The molecule has 7 heteroatoms. The zero-order chi connectivity index (χ0) is 16.1. The minimum Gasteiger partial charge on any atom is -0.310 e. The van der Waals surface area contributed by atoms with Crippen LogP contribution in [0.25, 0.3) is 0 Å². The summed E-state index contributed by atoms with van der Waals surface area (Å²) in [5.74, 6) is 0.649. The number of carbonyl (C=O) groups excluding carboxylic acids is 1. The summed E-state index contributed by atoms with van der Waals surface area (Å²) < 4.78 is 3.65. The number of aryl methyl sites for hydroxylation is 1. The van der Waals surface area contributed by atoms with E-state index in [1.165, 1.54) is 0 Å². The van der Waals surface area contributed by atoms with Gasteiger partial charge in [-0.1, -0.05) is 0 Å². The van der Waals surface area contributed by atoms with Gasteiger partial charge >= 0.3 is 0 Å². The molecule has 1 amide bonds. The number of rotatable bonds is 7. The van der Waals surface area contributed by atoms with Crippen LogP contribution < -0.4 is 10.6 Å². The molecule has 0 unspecified atom stereocenters. The van der Waals surface area contributed by atoms with Gasteiger partial charge in [-0.15, -0.1) is 0 Å². The molecular formula is C15H24N6O. The van der Waals surface area contributed by atoms with Crippen molar-refractivity contribution in [3.05, 3.63) is 30.2 Å². The second-order valence-corrected chi connectivity index (χ2v) is 5.70. The van der Waals surface area contributed by atoms with Crippen LogP contribution in [0.15, 0.2) is 24.7 Å². The van der Waals surface area contributed by atoms with Gasteiger partial charge in [0.05, 0.1) is 25.0 Å². The van der Waals surface area contributed by atoms with Crippen molar-refractivity contribution in [3.8, 4) is 0 Å². The lowest BCUT2D eigenvalue weighted by Gasteiger charge is -2.16. The standard InChI is InChI=1S/C15H24N6O/c1-11(2)21-14(5-6-17-21)19-15(22)13(4)16-7-8-20-10-12(3)9-18-20/h5-6,9-11,13,16H,7-8H2,1-4H3,(H,19,22)/t13-/m0/s1. The van der Waals surface area contributed by atoms with Gasteiger partial charge in [0.2, 0.25) is 5.91 Å². The van der Waals surface area contributed by atoms with Crippen molar-refractivity contribution in [3.63, 3.8) is 0 Å². The van der Waals surface area contributed by atoms with Crippen molar-refractivity contribution < 1.29 is 4.79 Å². The van der Waals surface area contributed by atoms with Crippen LogP contribution in [0.4, 0.5) is 5.82 Å². The minimum absolute atomic E-state index is 0.0703. The molecule has 2 rings (SSSR count). The van der Waals surface area contributed by atoms with E-state index in [1.807, 2.05) is 44.8 Å². The Balaban J connectivity index is 1.80. The molecule has 2 aromatic heterocycles. The summed E-state index contributed by atoms with van der Waals surface area (Å²) in [6.45, 7) is 9.31. The fraction of sp³-hybridized carbons (Fsp3) is 0.533. The fourth-order valence-corrected chi connectivity index (χ4v) is 2.14. The summed E-state index contributed by atoms with van der Waals surface area (Å²) in [5, 5.41) is 14.5. The second kappa shape index (κ2) is 7.22. The van der Waals surface area contributed by atoms with E-state index < -0.39 is 0 Å². The maximum Gasteiger partial charge on any atom is 0.242 e. The Labute approximate surface area is 130 Å². The number of nitrogens with one attached hydrogen (secondary N) is 2. The Bertz CT molecular complexity index is 615. The molecule has 0 aliphatic heterocycles. The van der Waals surface area contributed by atoms with Crippen molar-refractivity contribution in [1.82, 2.24) is 24.9 Å². The van der Waals surface area contributed by atoms with Gasteiger partial charge in [-0.25, -0.2) is 4.68 Å². The van der Waals surface area contributed by atoms with Crippen LogP contribution in [0.5, 0.6) is 0 Å². The van der Waals surface area contributed by atoms with Crippen LogP contribution in [0.1, 0.15) is 32.4 Å². The van der Waals surface area contributed by atoms with Gasteiger partial charge in [-0.2, -0.15) is 10.2 Å². The highest BCUT2D eigenvalue weighted by Crippen LogP contribution is 2.13. The van der Waals surface area contributed by atoms with E-state index in [0.29, 0.717) is 6.54 Å². The van der Waals surface area contributed by atoms with Crippen LogP contribution in [-0.2, 0) is 11.3 Å². The molecule has 2 N–H and O–H groups in total. The number of amides is 1. The molecule has 22 heavy (non-hydrogen) atoms. The van der Waals surface area contributed by atoms with E-state index in [2.05, 4.69) is 20.8 Å². The number of carbonyl (C=O) groups is 1. The van der Waals surface area contributed by atoms with Crippen LogP contribution >= 0.6 is 0 Å². The van der Waals surface area contributed by atoms with Crippen molar-refractivity contribution in [1.29, 1.82) is 0 Å². The Morgan fingerprint density at radius 3 is 2.73 bits per heavy atom. The predicted octanol–water partition coefficient (Wildman–Crippen LogP) is 1.59. The lowest BCUT2D eigenvalue weighted by molar-refractivity contribution is -0.117. The maximum absolute atomic E-state index is 12.2. The largest absolute Gasteiger partial charge is 0.310 e. The van der Waals surface area contributed by atoms with E-state index in [0.717, 1.165) is 17.9 Å². The molecule has 0 bridgehead atoms. The molecule has 7 nitrogen and oxygen atoms in total. The first kappa shape index (κ1) is 16.2. The van der Waals surface area contributed by atoms with E-state index in [9.17, 15) is 4.79 Å². The number of anilines is 1. The third kappa shape index (κ3) is 4.17. The number of hydrogen-bond acceptors (Lipinski definition) is 4. The van der Waals surface area contributed by atoms with Gasteiger partial charge in [0.25, 0.3) is 0 Å². The van der Waals surface area contributed by atoms with E-state index in [1.54, 1.807) is 16.9 Å².